The van der Waals surface area contributed by atoms with E-state index in [1.54, 1.807) is 18.2 Å². The second kappa shape index (κ2) is 7.08. The highest BCUT2D eigenvalue weighted by Gasteiger charge is 2.14. The Bertz CT molecular complexity index is 394. The van der Waals surface area contributed by atoms with Crippen LogP contribution in [-0.2, 0) is 6.54 Å². The van der Waals surface area contributed by atoms with Crippen LogP contribution in [0.4, 0.5) is 5.69 Å². The molecule has 1 aromatic carbocycles. The van der Waals surface area contributed by atoms with E-state index in [2.05, 4.69) is 19.2 Å². The number of nitrogens with zero attached hydrogens (tertiary/aromatic N) is 1. The lowest BCUT2D eigenvalue weighted by Gasteiger charge is -2.18. The van der Waals surface area contributed by atoms with E-state index in [0.29, 0.717) is 18.0 Å². The molecular weight excluding hydrogens is 232 g/mol. The number of nitrogens with one attached hydrogen (secondary N) is 1. The van der Waals surface area contributed by atoms with Gasteiger partial charge >= 0.3 is 0 Å². The number of hydrogen-bond acceptors (Lipinski definition) is 4. The highest BCUT2D eigenvalue weighted by atomic mass is 16.6. The van der Waals surface area contributed by atoms with Crippen molar-refractivity contribution in [3.63, 3.8) is 0 Å². The summed E-state index contributed by atoms with van der Waals surface area (Å²) >= 11 is 0. The van der Waals surface area contributed by atoms with Crippen molar-refractivity contribution in [1.29, 1.82) is 0 Å². The third kappa shape index (κ3) is 4.43. The average molecular weight is 252 g/mol. The molecule has 0 heterocycles. The molecule has 0 spiro atoms. The van der Waals surface area contributed by atoms with Crippen molar-refractivity contribution >= 4 is 5.69 Å². The molecule has 5 nitrogen and oxygen atoms in total. The molecule has 0 aliphatic rings. The van der Waals surface area contributed by atoms with E-state index >= 15 is 0 Å². The van der Waals surface area contributed by atoms with Gasteiger partial charge in [-0.15, -0.1) is 0 Å². The van der Waals surface area contributed by atoms with Gasteiger partial charge in [-0.3, -0.25) is 10.1 Å². The Balaban J connectivity index is 2.64. The zero-order valence-electron chi connectivity index (χ0n) is 10.8. The quantitative estimate of drug-likeness (QED) is 0.575. The molecule has 0 aliphatic carbocycles. The van der Waals surface area contributed by atoms with Gasteiger partial charge in [0.25, 0.3) is 5.69 Å². The van der Waals surface area contributed by atoms with Crippen LogP contribution in [0.2, 0.25) is 0 Å². The van der Waals surface area contributed by atoms with Crippen molar-refractivity contribution < 1.29 is 10.0 Å². The first-order valence-electron chi connectivity index (χ1n) is 6.11. The lowest BCUT2D eigenvalue weighted by Crippen LogP contribution is -2.33. The molecule has 1 aromatic rings. The summed E-state index contributed by atoms with van der Waals surface area (Å²) in [5.41, 5.74) is 0.760. The Kier molecular flexibility index (Phi) is 5.74. The summed E-state index contributed by atoms with van der Waals surface area (Å²) < 4.78 is 0. The molecule has 0 saturated carbocycles. The van der Waals surface area contributed by atoms with Gasteiger partial charge in [0.1, 0.15) is 0 Å². The maximum absolute atomic E-state index is 10.8. The Morgan fingerprint density at radius 3 is 2.61 bits per heavy atom. The molecule has 5 heteroatoms. The van der Waals surface area contributed by atoms with E-state index in [9.17, 15) is 15.2 Å². The van der Waals surface area contributed by atoms with Crippen molar-refractivity contribution in [1.82, 2.24) is 5.32 Å². The molecular formula is C13H20N2O3. The van der Waals surface area contributed by atoms with E-state index in [1.165, 1.54) is 6.07 Å². The standard InChI is InChI=1S/C13H20N2O3/c1-10(2)7-12(9-16)14-8-11-5-3-4-6-13(11)15(17)18/h3-6,10,12,14,16H,7-9H2,1-2H3. The topological polar surface area (TPSA) is 75.4 Å². The maximum atomic E-state index is 10.8. The van der Waals surface area contributed by atoms with E-state index in [-0.39, 0.29) is 23.3 Å². The summed E-state index contributed by atoms with van der Waals surface area (Å²) in [5, 5.41) is 23.2. The summed E-state index contributed by atoms with van der Waals surface area (Å²) in [4.78, 5) is 10.5. The molecule has 0 bridgehead atoms. The average Bonchev–Trinajstić information content (AvgIpc) is 2.34. The molecule has 1 unspecified atom stereocenters. The molecule has 18 heavy (non-hydrogen) atoms. The normalized spacial score (nSPS) is 12.7. The summed E-state index contributed by atoms with van der Waals surface area (Å²) in [5.74, 6) is 0.473. The molecule has 0 aliphatic heterocycles. The minimum atomic E-state index is -0.382. The van der Waals surface area contributed by atoms with Crippen LogP contribution in [0, 0.1) is 16.0 Å². The smallest absolute Gasteiger partial charge is 0.273 e. The van der Waals surface area contributed by atoms with Crippen LogP contribution >= 0.6 is 0 Å². The van der Waals surface area contributed by atoms with Gasteiger partial charge in [0.05, 0.1) is 11.5 Å². The number of benzene rings is 1. The molecule has 0 amide bonds. The summed E-state index contributed by atoms with van der Waals surface area (Å²) in [6, 6.07) is 6.63. The highest BCUT2D eigenvalue weighted by molar-refractivity contribution is 5.39. The van der Waals surface area contributed by atoms with Gasteiger partial charge in [0.15, 0.2) is 0 Å². The van der Waals surface area contributed by atoms with Crippen molar-refractivity contribution in [3.8, 4) is 0 Å². The number of aliphatic hydroxyl groups excluding tert-OH is 1. The van der Waals surface area contributed by atoms with Crippen LogP contribution in [0.25, 0.3) is 0 Å². The zero-order valence-corrected chi connectivity index (χ0v) is 10.8. The predicted molar refractivity (Wildman–Crippen MR) is 70.3 cm³/mol. The largest absolute Gasteiger partial charge is 0.395 e. The number of para-hydroxylation sites is 1. The molecule has 0 fully saturated rings. The third-order valence-corrected chi connectivity index (χ3v) is 2.75. The lowest BCUT2D eigenvalue weighted by molar-refractivity contribution is -0.385. The van der Waals surface area contributed by atoms with Gasteiger partial charge in [-0.1, -0.05) is 32.0 Å². The van der Waals surface area contributed by atoms with Crippen LogP contribution in [0.3, 0.4) is 0 Å². The van der Waals surface area contributed by atoms with Crippen molar-refractivity contribution in [2.24, 2.45) is 5.92 Å². The molecule has 0 aromatic heterocycles. The van der Waals surface area contributed by atoms with E-state index in [0.717, 1.165) is 6.42 Å². The van der Waals surface area contributed by atoms with Gasteiger partial charge in [-0.2, -0.15) is 0 Å². The number of nitro groups is 1. The minimum absolute atomic E-state index is 0.0233. The van der Waals surface area contributed by atoms with Crippen LogP contribution in [0.5, 0.6) is 0 Å². The predicted octanol–water partition coefficient (Wildman–Crippen LogP) is 2.09. The number of nitro benzene ring substituents is 1. The Morgan fingerprint density at radius 1 is 1.39 bits per heavy atom. The number of rotatable bonds is 7. The Hall–Kier alpha value is -1.46. The van der Waals surface area contributed by atoms with Crippen LogP contribution in [0.1, 0.15) is 25.8 Å². The van der Waals surface area contributed by atoms with Gasteiger partial charge in [0.2, 0.25) is 0 Å². The molecule has 100 valence electrons. The molecule has 1 atom stereocenters. The first-order valence-corrected chi connectivity index (χ1v) is 6.11. The van der Waals surface area contributed by atoms with Gasteiger partial charge in [0, 0.05) is 24.2 Å². The van der Waals surface area contributed by atoms with Crippen LogP contribution < -0.4 is 5.32 Å². The zero-order chi connectivity index (χ0) is 13.5. The first-order chi connectivity index (χ1) is 8.54. The van der Waals surface area contributed by atoms with E-state index in [4.69, 9.17) is 0 Å². The molecule has 0 radical (unpaired) electrons. The fraction of sp³-hybridized carbons (Fsp3) is 0.538. The first kappa shape index (κ1) is 14.6. The van der Waals surface area contributed by atoms with Crippen molar-refractivity contribution in [2.45, 2.75) is 32.9 Å². The van der Waals surface area contributed by atoms with Gasteiger partial charge < -0.3 is 10.4 Å². The third-order valence-electron chi connectivity index (χ3n) is 2.75. The van der Waals surface area contributed by atoms with E-state index < -0.39 is 0 Å². The molecule has 1 rings (SSSR count). The lowest BCUT2D eigenvalue weighted by atomic mass is 10.0. The number of hydrogen-bond donors (Lipinski definition) is 2. The van der Waals surface area contributed by atoms with Gasteiger partial charge in [-0.25, -0.2) is 0 Å². The van der Waals surface area contributed by atoms with Crippen LogP contribution in [-0.4, -0.2) is 22.7 Å². The van der Waals surface area contributed by atoms with Crippen molar-refractivity contribution in [2.75, 3.05) is 6.61 Å². The highest BCUT2D eigenvalue weighted by Crippen LogP contribution is 2.17. The van der Waals surface area contributed by atoms with E-state index in [1.807, 2.05) is 0 Å². The monoisotopic (exact) mass is 252 g/mol. The SMILES string of the molecule is CC(C)CC(CO)NCc1ccccc1[N+](=O)[O-]. The fourth-order valence-corrected chi connectivity index (χ4v) is 1.88. The summed E-state index contributed by atoms with van der Waals surface area (Å²) in [6.07, 6.45) is 0.844. The second-order valence-electron chi connectivity index (χ2n) is 4.78. The number of aliphatic hydroxyl groups is 1. The molecule has 2 N–H and O–H groups in total. The van der Waals surface area contributed by atoms with Crippen LogP contribution in [0.15, 0.2) is 24.3 Å². The Labute approximate surface area is 107 Å². The fourth-order valence-electron chi connectivity index (χ4n) is 1.88. The molecule has 0 saturated heterocycles. The van der Waals surface area contributed by atoms with Gasteiger partial charge in [-0.05, 0) is 12.3 Å². The maximum Gasteiger partial charge on any atom is 0.273 e. The second-order valence-corrected chi connectivity index (χ2v) is 4.78. The Morgan fingerprint density at radius 2 is 2.06 bits per heavy atom. The summed E-state index contributed by atoms with van der Waals surface area (Å²) in [7, 11) is 0. The van der Waals surface area contributed by atoms with Crippen molar-refractivity contribution in [3.05, 3.63) is 39.9 Å². The summed E-state index contributed by atoms with van der Waals surface area (Å²) in [6.45, 7) is 4.60. The minimum Gasteiger partial charge on any atom is -0.395 e.